The summed E-state index contributed by atoms with van der Waals surface area (Å²) in [6, 6.07) is 8.40. The molecule has 0 saturated carbocycles. The molecular weight excluding hydrogens is 212 g/mol. The molecule has 0 spiro atoms. The van der Waals surface area contributed by atoms with Crippen LogP contribution >= 0.6 is 0 Å². The minimum Gasteiger partial charge on any atom is -0.368 e. The van der Waals surface area contributed by atoms with Crippen LogP contribution in [0.1, 0.15) is 25.3 Å². The van der Waals surface area contributed by atoms with Crippen LogP contribution in [0.2, 0.25) is 0 Å². The van der Waals surface area contributed by atoms with Gasteiger partial charge in [0, 0.05) is 5.56 Å². The average molecular weight is 230 g/mol. The van der Waals surface area contributed by atoms with Gasteiger partial charge in [0.15, 0.2) is 0 Å². The van der Waals surface area contributed by atoms with Crippen molar-refractivity contribution >= 4 is 5.95 Å². The Bertz CT molecular complexity index is 465. The highest BCUT2D eigenvalue weighted by molar-refractivity contribution is 5.60. The molecule has 0 amide bonds. The minimum absolute atomic E-state index is 0.329. The van der Waals surface area contributed by atoms with Crippen LogP contribution in [0.3, 0.4) is 0 Å². The Labute approximate surface area is 101 Å². The third-order valence-corrected chi connectivity index (χ3v) is 2.83. The lowest BCUT2D eigenvalue weighted by atomic mass is 10.1. The molecular formula is C13H18N4. The van der Waals surface area contributed by atoms with E-state index in [0.29, 0.717) is 5.95 Å². The van der Waals surface area contributed by atoms with E-state index in [-0.39, 0.29) is 0 Å². The predicted molar refractivity (Wildman–Crippen MR) is 70.8 cm³/mol. The van der Waals surface area contributed by atoms with Crippen LogP contribution in [-0.4, -0.2) is 9.66 Å². The summed E-state index contributed by atoms with van der Waals surface area (Å²) >= 11 is 0. The molecule has 0 aliphatic carbocycles. The SMILES string of the molecule is CCCCc1ccc(-c2cn(N)c(N)n2)cc1. The Morgan fingerprint density at radius 1 is 1.24 bits per heavy atom. The van der Waals surface area contributed by atoms with Gasteiger partial charge in [0.2, 0.25) is 5.95 Å². The smallest absolute Gasteiger partial charge is 0.219 e. The second kappa shape index (κ2) is 4.91. The van der Waals surface area contributed by atoms with Gasteiger partial charge in [-0.15, -0.1) is 0 Å². The van der Waals surface area contributed by atoms with E-state index in [2.05, 4.69) is 36.2 Å². The van der Waals surface area contributed by atoms with Crippen molar-refractivity contribution in [2.75, 3.05) is 11.6 Å². The lowest BCUT2D eigenvalue weighted by Gasteiger charge is -2.01. The van der Waals surface area contributed by atoms with Gasteiger partial charge in [-0.2, -0.15) is 0 Å². The number of aromatic nitrogens is 2. The fourth-order valence-corrected chi connectivity index (χ4v) is 1.77. The van der Waals surface area contributed by atoms with Crippen molar-refractivity contribution in [1.29, 1.82) is 0 Å². The molecule has 1 heterocycles. The molecule has 0 unspecified atom stereocenters. The van der Waals surface area contributed by atoms with Gasteiger partial charge in [-0.1, -0.05) is 37.6 Å². The molecule has 2 aromatic rings. The highest BCUT2D eigenvalue weighted by Gasteiger charge is 2.04. The fourth-order valence-electron chi connectivity index (χ4n) is 1.77. The Hall–Kier alpha value is -1.97. The van der Waals surface area contributed by atoms with Gasteiger partial charge in [-0.05, 0) is 18.4 Å². The predicted octanol–water partition coefficient (Wildman–Crippen LogP) is 2.19. The second-order valence-corrected chi connectivity index (χ2v) is 4.19. The van der Waals surface area contributed by atoms with Crippen molar-refractivity contribution in [2.45, 2.75) is 26.2 Å². The number of imidazole rings is 1. The summed E-state index contributed by atoms with van der Waals surface area (Å²) in [6.45, 7) is 2.20. The quantitative estimate of drug-likeness (QED) is 0.791. The molecule has 4 nitrogen and oxygen atoms in total. The monoisotopic (exact) mass is 230 g/mol. The van der Waals surface area contributed by atoms with Crippen LogP contribution in [0.5, 0.6) is 0 Å². The number of aryl methyl sites for hydroxylation is 1. The third-order valence-electron chi connectivity index (χ3n) is 2.83. The van der Waals surface area contributed by atoms with Crippen molar-refractivity contribution in [2.24, 2.45) is 0 Å². The molecule has 0 aliphatic rings. The van der Waals surface area contributed by atoms with Crippen LogP contribution in [0.15, 0.2) is 30.5 Å². The van der Waals surface area contributed by atoms with Gasteiger partial charge in [0.05, 0.1) is 11.9 Å². The van der Waals surface area contributed by atoms with Crippen LogP contribution in [-0.2, 0) is 6.42 Å². The Kier molecular flexibility index (Phi) is 3.32. The molecule has 0 atom stereocenters. The molecule has 4 heteroatoms. The van der Waals surface area contributed by atoms with E-state index in [1.807, 2.05) is 0 Å². The van der Waals surface area contributed by atoms with Crippen LogP contribution in [0.25, 0.3) is 11.3 Å². The first-order chi connectivity index (χ1) is 8.20. The van der Waals surface area contributed by atoms with Gasteiger partial charge >= 0.3 is 0 Å². The van der Waals surface area contributed by atoms with E-state index in [4.69, 9.17) is 11.6 Å². The van der Waals surface area contributed by atoms with Gasteiger partial charge in [-0.3, -0.25) is 0 Å². The van der Waals surface area contributed by atoms with E-state index >= 15 is 0 Å². The zero-order valence-electron chi connectivity index (χ0n) is 10.1. The van der Waals surface area contributed by atoms with Crippen molar-refractivity contribution in [3.8, 4) is 11.3 Å². The molecule has 1 aromatic carbocycles. The van der Waals surface area contributed by atoms with Crippen molar-refractivity contribution in [3.05, 3.63) is 36.0 Å². The second-order valence-electron chi connectivity index (χ2n) is 4.19. The zero-order valence-corrected chi connectivity index (χ0v) is 10.1. The van der Waals surface area contributed by atoms with Gasteiger partial charge in [-0.25, -0.2) is 9.66 Å². The summed E-state index contributed by atoms with van der Waals surface area (Å²) in [5, 5.41) is 0. The summed E-state index contributed by atoms with van der Waals surface area (Å²) < 4.78 is 1.33. The maximum Gasteiger partial charge on any atom is 0.219 e. The van der Waals surface area contributed by atoms with Gasteiger partial charge < -0.3 is 11.6 Å². The standard InChI is InChI=1S/C13H18N4/c1-2-3-4-10-5-7-11(8-6-10)12-9-17(15)13(14)16-12/h5-9H,2-4,15H2,1H3,(H2,14,16). The highest BCUT2D eigenvalue weighted by atomic mass is 15.3. The maximum absolute atomic E-state index is 5.60. The largest absolute Gasteiger partial charge is 0.368 e. The van der Waals surface area contributed by atoms with E-state index < -0.39 is 0 Å². The van der Waals surface area contributed by atoms with E-state index in [0.717, 1.165) is 17.7 Å². The number of nitrogen functional groups attached to an aromatic ring is 2. The number of hydrogen-bond donors (Lipinski definition) is 2. The zero-order chi connectivity index (χ0) is 12.3. The number of unbranched alkanes of at least 4 members (excludes halogenated alkanes) is 1. The van der Waals surface area contributed by atoms with Crippen LogP contribution in [0.4, 0.5) is 5.95 Å². The van der Waals surface area contributed by atoms with Crippen molar-refractivity contribution in [1.82, 2.24) is 9.66 Å². The average Bonchev–Trinajstić information content (AvgIpc) is 2.68. The molecule has 0 aliphatic heterocycles. The molecule has 1 aromatic heterocycles. The number of benzene rings is 1. The van der Waals surface area contributed by atoms with Gasteiger partial charge in [0.1, 0.15) is 0 Å². The molecule has 4 N–H and O–H groups in total. The molecule has 0 radical (unpaired) electrons. The summed E-state index contributed by atoms with van der Waals surface area (Å²) in [6.07, 6.45) is 5.31. The van der Waals surface area contributed by atoms with E-state index in [9.17, 15) is 0 Å². The molecule has 0 saturated heterocycles. The van der Waals surface area contributed by atoms with Crippen LogP contribution in [0, 0.1) is 0 Å². The van der Waals surface area contributed by atoms with E-state index in [1.165, 1.54) is 23.1 Å². The first-order valence-electron chi connectivity index (χ1n) is 5.90. The Balaban J connectivity index is 2.17. The third kappa shape index (κ3) is 2.58. The Morgan fingerprint density at radius 2 is 1.94 bits per heavy atom. The number of nitrogens with two attached hydrogens (primary N) is 2. The maximum atomic E-state index is 5.60. The van der Waals surface area contributed by atoms with Crippen molar-refractivity contribution < 1.29 is 0 Å². The number of anilines is 1. The summed E-state index contributed by atoms with van der Waals surface area (Å²) in [5.41, 5.74) is 8.81. The number of rotatable bonds is 4. The first kappa shape index (κ1) is 11.5. The first-order valence-corrected chi connectivity index (χ1v) is 5.90. The Morgan fingerprint density at radius 3 is 2.47 bits per heavy atom. The topological polar surface area (TPSA) is 69.9 Å². The van der Waals surface area contributed by atoms with Crippen LogP contribution < -0.4 is 11.6 Å². The molecule has 17 heavy (non-hydrogen) atoms. The highest BCUT2D eigenvalue weighted by Crippen LogP contribution is 2.19. The lowest BCUT2D eigenvalue weighted by molar-refractivity contribution is 0.795. The normalized spacial score (nSPS) is 10.6. The lowest BCUT2D eigenvalue weighted by Crippen LogP contribution is -2.09. The molecule has 0 bridgehead atoms. The van der Waals surface area contributed by atoms with Crippen molar-refractivity contribution in [3.63, 3.8) is 0 Å². The number of nitrogens with zero attached hydrogens (tertiary/aromatic N) is 2. The molecule has 90 valence electrons. The van der Waals surface area contributed by atoms with Gasteiger partial charge in [0.25, 0.3) is 0 Å². The molecule has 2 rings (SSSR count). The summed E-state index contributed by atoms with van der Waals surface area (Å²) in [5.74, 6) is 5.93. The number of hydrogen-bond acceptors (Lipinski definition) is 3. The summed E-state index contributed by atoms with van der Waals surface area (Å²) in [4.78, 5) is 4.19. The minimum atomic E-state index is 0.329. The summed E-state index contributed by atoms with van der Waals surface area (Å²) in [7, 11) is 0. The molecule has 0 fully saturated rings. The van der Waals surface area contributed by atoms with E-state index in [1.54, 1.807) is 6.20 Å². The fraction of sp³-hybridized carbons (Fsp3) is 0.308.